The summed E-state index contributed by atoms with van der Waals surface area (Å²) in [6.45, 7) is 4.36. The standard InChI is InChI=1S/C15H24N4/c1-13(2,11-3-7-14(16,17)8-4-11)12-5-9-15(18,19)10-6-12/h3-7,9H,8,10,16-19H2,1-2H3. The third-order valence-electron chi connectivity index (χ3n) is 3.94. The lowest BCUT2D eigenvalue weighted by atomic mass is 9.72. The van der Waals surface area contributed by atoms with Crippen molar-refractivity contribution in [2.24, 2.45) is 28.3 Å². The van der Waals surface area contributed by atoms with Gasteiger partial charge in [-0.05, 0) is 23.3 Å². The first-order valence-corrected chi connectivity index (χ1v) is 6.58. The Morgan fingerprint density at radius 3 is 1.47 bits per heavy atom. The topological polar surface area (TPSA) is 104 Å². The molecule has 2 aliphatic carbocycles. The van der Waals surface area contributed by atoms with Gasteiger partial charge in [-0.2, -0.15) is 0 Å². The van der Waals surface area contributed by atoms with E-state index >= 15 is 0 Å². The van der Waals surface area contributed by atoms with Crippen molar-refractivity contribution in [1.29, 1.82) is 0 Å². The van der Waals surface area contributed by atoms with Gasteiger partial charge in [-0.1, -0.05) is 38.2 Å². The zero-order valence-corrected chi connectivity index (χ0v) is 11.7. The fourth-order valence-electron chi connectivity index (χ4n) is 2.43. The molecular formula is C15H24N4. The lowest BCUT2D eigenvalue weighted by Gasteiger charge is -2.35. The molecule has 0 saturated carbocycles. The summed E-state index contributed by atoms with van der Waals surface area (Å²) in [5.74, 6) is 0. The smallest absolute Gasteiger partial charge is 0.0867 e. The minimum Gasteiger partial charge on any atom is -0.310 e. The van der Waals surface area contributed by atoms with Crippen LogP contribution in [0, 0.1) is 5.41 Å². The van der Waals surface area contributed by atoms with Crippen LogP contribution in [0.1, 0.15) is 26.7 Å². The molecular weight excluding hydrogens is 236 g/mol. The lowest BCUT2D eigenvalue weighted by molar-refractivity contribution is 0.500. The van der Waals surface area contributed by atoms with Crippen LogP contribution in [0.2, 0.25) is 0 Å². The van der Waals surface area contributed by atoms with E-state index in [1.807, 2.05) is 24.3 Å². The van der Waals surface area contributed by atoms with Gasteiger partial charge in [-0.15, -0.1) is 0 Å². The third-order valence-corrected chi connectivity index (χ3v) is 3.94. The maximum atomic E-state index is 5.88. The van der Waals surface area contributed by atoms with Crippen LogP contribution in [-0.2, 0) is 0 Å². The highest BCUT2D eigenvalue weighted by atomic mass is 14.9. The molecule has 104 valence electrons. The van der Waals surface area contributed by atoms with E-state index in [9.17, 15) is 0 Å². The Morgan fingerprint density at radius 1 is 0.842 bits per heavy atom. The molecule has 0 aromatic carbocycles. The number of hydrogen-bond acceptors (Lipinski definition) is 4. The summed E-state index contributed by atoms with van der Waals surface area (Å²) in [5, 5.41) is 0. The van der Waals surface area contributed by atoms with Crippen LogP contribution in [0.4, 0.5) is 0 Å². The van der Waals surface area contributed by atoms with Gasteiger partial charge < -0.3 is 22.9 Å². The van der Waals surface area contributed by atoms with Crippen LogP contribution in [0.5, 0.6) is 0 Å². The molecule has 19 heavy (non-hydrogen) atoms. The predicted molar refractivity (Wildman–Crippen MR) is 79.7 cm³/mol. The van der Waals surface area contributed by atoms with Crippen molar-refractivity contribution in [3.05, 3.63) is 47.6 Å². The van der Waals surface area contributed by atoms with Gasteiger partial charge in [-0.3, -0.25) is 0 Å². The molecule has 0 aromatic heterocycles. The molecule has 2 aliphatic rings. The first-order chi connectivity index (χ1) is 8.62. The van der Waals surface area contributed by atoms with Gasteiger partial charge in [0.1, 0.15) is 0 Å². The zero-order chi connectivity index (χ0) is 14.3. The molecule has 0 atom stereocenters. The summed E-state index contributed by atoms with van der Waals surface area (Å²) in [5.41, 5.74) is 24.4. The van der Waals surface area contributed by atoms with Crippen LogP contribution >= 0.6 is 0 Å². The molecule has 0 unspecified atom stereocenters. The van der Waals surface area contributed by atoms with E-state index < -0.39 is 11.3 Å². The molecule has 0 heterocycles. The van der Waals surface area contributed by atoms with Crippen molar-refractivity contribution in [2.75, 3.05) is 0 Å². The molecule has 0 bridgehead atoms. The van der Waals surface area contributed by atoms with E-state index in [4.69, 9.17) is 22.9 Å². The Balaban J connectivity index is 2.21. The number of rotatable bonds is 2. The average molecular weight is 260 g/mol. The van der Waals surface area contributed by atoms with Crippen LogP contribution in [0.3, 0.4) is 0 Å². The number of hydrogen-bond donors (Lipinski definition) is 4. The summed E-state index contributed by atoms with van der Waals surface area (Å²) in [6.07, 6.45) is 13.3. The Labute approximate surface area is 114 Å². The van der Waals surface area contributed by atoms with E-state index in [1.54, 1.807) is 0 Å². The molecule has 8 N–H and O–H groups in total. The van der Waals surface area contributed by atoms with E-state index in [0.717, 1.165) is 0 Å². The molecule has 0 spiro atoms. The van der Waals surface area contributed by atoms with E-state index in [1.165, 1.54) is 11.1 Å². The highest BCUT2D eigenvalue weighted by Crippen LogP contribution is 2.40. The van der Waals surface area contributed by atoms with Crippen LogP contribution in [0.25, 0.3) is 0 Å². The maximum absolute atomic E-state index is 5.88. The van der Waals surface area contributed by atoms with Crippen molar-refractivity contribution in [3.8, 4) is 0 Å². The highest BCUT2D eigenvalue weighted by molar-refractivity contribution is 5.44. The van der Waals surface area contributed by atoms with E-state index in [-0.39, 0.29) is 5.41 Å². The predicted octanol–water partition coefficient (Wildman–Crippen LogP) is 1.01. The first kappa shape index (κ1) is 14.2. The minimum absolute atomic E-state index is 0.0972. The Hall–Kier alpha value is -1.20. The van der Waals surface area contributed by atoms with Crippen molar-refractivity contribution < 1.29 is 0 Å². The fraction of sp³-hybridized carbons (Fsp3) is 0.467. The van der Waals surface area contributed by atoms with Crippen molar-refractivity contribution >= 4 is 0 Å². The quantitative estimate of drug-likeness (QED) is 0.556. The molecule has 2 rings (SSSR count). The second-order valence-electron chi connectivity index (χ2n) is 6.24. The van der Waals surface area contributed by atoms with E-state index in [2.05, 4.69) is 26.0 Å². The van der Waals surface area contributed by atoms with Gasteiger partial charge in [0.2, 0.25) is 0 Å². The van der Waals surface area contributed by atoms with Crippen LogP contribution in [0.15, 0.2) is 47.6 Å². The van der Waals surface area contributed by atoms with Gasteiger partial charge >= 0.3 is 0 Å². The Kier molecular flexibility index (Phi) is 3.31. The largest absolute Gasteiger partial charge is 0.310 e. The molecule has 0 amide bonds. The Bertz CT molecular complexity index is 446. The molecule has 4 heteroatoms. The van der Waals surface area contributed by atoms with Gasteiger partial charge in [0.15, 0.2) is 0 Å². The summed E-state index contributed by atoms with van der Waals surface area (Å²) in [6, 6.07) is 0. The summed E-state index contributed by atoms with van der Waals surface area (Å²) in [4.78, 5) is 0. The molecule has 0 aliphatic heterocycles. The minimum atomic E-state index is -0.722. The first-order valence-electron chi connectivity index (χ1n) is 6.58. The summed E-state index contributed by atoms with van der Waals surface area (Å²) < 4.78 is 0. The van der Waals surface area contributed by atoms with Crippen LogP contribution in [-0.4, -0.2) is 11.3 Å². The normalized spacial score (nSPS) is 24.9. The SMILES string of the molecule is CC(C)(C1=CCC(N)(N)C=C1)C1=CCC(N)(N)C=C1. The highest BCUT2D eigenvalue weighted by Gasteiger charge is 2.31. The monoisotopic (exact) mass is 260 g/mol. The second kappa shape index (κ2) is 4.42. The second-order valence-corrected chi connectivity index (χ2v) is 6.24. The molecule has 0 saturated heterocycles. The van der Waals surface area contributed by atoms with Gasteiger partial charge in [-0.25, -0.2) is 0 Å². The molecule has 0 aromatic rings. The summed E-state index contributed by atoms with van der Waals surface area (Å²) in [7, 11) is 0. The third kappa shape index (κ3) is 3.04. The van der Waals surface area contributed by atoms with Crippen LogP contribution < -0.4 is 22.9 Å². The maximum Gasteiger partial charge on any atom is 0.0867 e. The number of nitrogens with two attached hydrogens (primary N) is 4. The van der Waals surface area contributed by atoms with E-state index in [0.29, 0.717) is 12.8 Å². The lowest BCUT2D eigenvalue weighted by Crippen LogP contribution is -2.48. The van der Waals surface area contributed by atoms with Gasteiger partial charge in [0.05, 0.1) is 11.3 Å². The number of allylic oxidation sites excluding steroid dienone is 4. The fourth-order valence-corrected chi connectivity index (χ4v) is 2.43. The van der Waals surface area contributed by atoms with Gasteiger partial charge in [0, 0.05) is 18.3 Å². The molecule has 0 radical (unpaired) electrons. The molecule has 0 fully saturated rings. The van der Waals surface area contributed by atoms with Crippen molar-refractivity contribution in [2.45, 2.75) is 38.0 Å². The summed E-state index contributed by atoms with van der Waals surface area (Å²) >= 11 is 0. The van der Waals surface area contributed by atoms with Gasteiger partial charge in [0.25, 0.3) is 0 Å². The average Bonchev–Trinajstić information content (AvgIpc) is 2.27. The zero-order valence-electron chi connectivity index (χ0n) is 11.7. The van der Waals surface area contributed by atoms with Crippen molar-refractivity contribution in [1.82, 2.24) is 0 Å². The Morgan fingerprint density at radius 2 is 1.21 bits per heavy atom. The molecule has 4 nitrogen and oxygen atoms in total. The van der Waals surface area contributed by atoms with Crippen molar-refractivity contribution in [3.63, 3.8) is 0 Å².